The Bertz CT molecular complexity index is 390. The molecule has 0 fully saturated rings. The summed E-state index contributed by atoms with van der Waals surface area (Å²) < 4.78 is 2.80. The molecule has 1 rings (SSSR count). The maximum atomic E-state index is 10.9. The van der Waals surface area contributed by atoms with Crippen molar-refractivity contribution in [2.75, 3.05) is 20.6 Å². The van der Waals surface area contributed by atoms with Crippen molar-refractivity contribution in [2.45, 2.75) is 39.3 Å². The van der Waals surface area contributed by atoms with Gasteiger partial charge in [0, 0.05) is 6.54 Å². The third-order valence-electron chi connectivity index (χ3n) is 3.46. The number of aromatic nitrogens is 2. The summed E-state index contributed by atoms with van der Waals surface area (Å²) in [6.07, 6.45) is 2.45. The fraction of sp³-hybridized carbons (Fsp3) is 0.769. The summed E-state index contributed by atoms with van der Waals surface area (Å²) >= 11 is 3.51. The van der Waals surface area contributed by atoms with Crippen molar-refractivity contribution in [1.29, 1.82) is 0 Å². The van der Waals surface area contributed by atoms with Crippen molar-refractivity contribution in [3.05, 3.63) is 16.4 Å². The monoisotopic (exact) mass is 317 g/mol. The van der Waals surface area contributed by atoms with Gasteiger partial charge in [-0.05, 0) is 42.4 Å². The van der Waals surface area contributed by atoms with E-state index in [9.17, 15) is 5.11 Å². The highest BCUT2D eigenvalue weighted by molar-refractivity contribution is 9.10. The fourth-order valence-electron chi connectivity index (χ4n) is 2.11. The molecule has 0 aliphatic heterocycles. The number of hydrogen-bond donors (Lipinski definition) is 1. The third-order valence-corrected chi connectivity index (χ3v) is 4.04. The molecule has 18 heavy (non-hydrogen) atoms. The molecule has 104 valence electrons. The predicted octanol–water partition coefficient (Wildman–Crippen LogP) is 2.46. The lowest BCUT2D eigenvalue weighted by Crippen LogP contribution is -2.35. The van der Waals surface area contributed by atoms with Gasteiger partial charge < -0.3 is 10.0 Å². The highest BCUT2D eigenvalue weighted by Gasteiger charge is 2.36. The van der Waals surface area contributed by atoms with Crippen molar-refractivity contribution >= 4 is 15.9 Å². The molecule has 0 aliphatic rings. The molecule has 0 saturated heterocycles. The van der Waals surface area contributed by atoms with Crippen LogP contribution >= 0.6 is 15.9 Å². The number of likely N-dealkylation sites (N-methyl/N-ethyl adjacent to an activating group) is 1. The Morgan fingerprint density at radius 2 is 2.11 bits per heavy atom. The van der Waals surface area contributed by atoms with Gasteiger partial charge in [0.05, 0.1) is 22.9 Å². The quantitative estimate of drug-likeness (QED) is 0.876. The highest BCUT2D eigenvalue weighted by atomic mass is 79.9. The molecule has 4 nitrogen and oxygen atoms in total. The van der Waals surface area contributed by atoms with Gasteiger partial charge in [-0.3, -0.25) is 4.68 Å². The molecule has 1 atom stereocenters. The van der Waals surface area contributed by atoms with Crippen molar-refractivity contribution in [3.63, 3.8) is 0 Å². The van der Waals surface area contributed by atoms with Crippen LogP contribution in [0.25, 0.3) is 0 Å². The lowest BCUT2D eigenvalue weighted by molar-refractivity contribution is -0.0230. The molecule has 1 unspecified atom stereocenters. The van der Waals surface area contributed by atoms with Crippen LogP contribution in [0.4, 0.5) is 0 Å². The van der Waals surface area contributed by atoms with Gasteiger partial charge in [0.15, 0.2) is 0 Å². The minimum atomic E-state index is -0.832. The first kappa shape index (κ1) is 15.7. The molecule has 1 N–H and O–H groups in total. The smallest absolute Gasteiger partial charge is 0.109 e. The molecule has 0 aromatic carbocycles. The minimum Gasteiger partial charge on any atom is -0.383 e. The Labute approximate surface area is 118 Å². The summed E-state index contributed by atoms with van der Waals surface area (Å²) in [4.78, 5) is 2.11. The number of hydrogen-bond acceptors (Lipinski definition) is 3. The standard InChI is InChI=1S/C13H24BrN3O/c1-6-13(18,10(2)3)12-11(14)9-15-17(12)8-7-16(4)5/h9-10,18H,6-8H2,1-5H3. The molecule has 1 heterocycles. The van der Waals surface area contributed by atoms with Crippen LogP contribution in [-0.2, 0) is 12.1 Å². The van der Waals surface area contributed by atoms with Gasteiger partial charge in [-0.1, -0.05) is 20.8 Å². The Balaban J connectivity index is 3.10. The van der Waals surface area contributed by atoms with Gasteiger partial charge in [0.25, 0.3) is 0 Å². The van der Waals surface area contributed by atoms with Crippen LogP contribution in [0.15, 0.2) is 10.7 Å². The molecule has 0 saturated carbocycles. The normalized spacial score (nSPS) is 15.4. The summed E-state index contributed by atoms with van der Waals surface area (Å²) in [5.74, 6) is 0.147. The summed E-state index contributed by atoms with van der Waals surface area (Å²) in [5, 5.41) is 15.2. The molecule has 1 aromatic heterocycles. The van der Waals surface area contributed by atoms with Crippen LogP contribution in [0, 0.1) is 5.92 Å². The topological polar surface area (TPSA) is 41.3 Å². The SMILES string of the molecule is CCC(O)(c1c(Br)cnn1CCN(C)C)C(C)C. The molecule has 0 aliphatic carbocycles. The van der Waals surface area contributed by atoms with Crippen LogP contribution < -0.4 is 0 Å². The van der Waals surface area contributed by atoms with Gasteiger partial charge in [-0.2, -0.15) is 5.10 Å². The summed E-state index contributed by atoms with van der Waals surface area (Å²) in [5.41, 5.74) is 0.0589. The lowest BCUT2D eigenvalue weighted by Gasteiger charge is -2.32. The largest absolute Gasteiger partial charge is 0.383 e. The molecule has 0 radical (unpaired) electrons. The Morgan fingerprint density at radius 1 is 1.50 bits per heavy atom. The first-order valence-electron chi connectivity index (χ1n) is 6.41. The van der Waals surface area contributed by atoms with Crippen LogP contribution in [0.5, 0.6) is 0 Å². The van der Waals surface area contributed by atoms with E-state index in [4.69, 9.17) is 0 Å². The van der Waals surface area contributed by atoms with Crippen molar-refractivity contribution in [1.82, 2.24) is 14.7 Å². The van der Waals surface area contributed by atoms with Crippen LogP contribution in [0.2, 0.25) is 0 Å². The van der Waals surface area contributed by atoms with Gasteiger partial charge in [-0.25, -0.2) is 0 Å². The van der Waals surface area contributed by atoms with Gasteiger partial charge in [-0.15, -0.1) is 0 Å². The average molecular weight is 318 g/mol. The zero-order valence-electron chi connectivity index (χ0n) is 11.9. The van der Waals surface area contributed by atoms with Gasteiger partial charge >= 0.3 is 0 Å². The number of aliphatic hydroxyl groups is 1. The summed E-state index contributed by atoms with van der Waals surface area (Å²) in [6, 6.07) is 0. The van der Waals surface area contributed by atoms with Crippen molar-refractivity contribution in [3.8, 4) is 0 Å². The van der Waals surface area contributed by atoms with E-state index in [1.807, 2.05) is 39.5 Å². The second-order valence-corrected chi connectivity index (χ2v) is 6.15. The zero-order chi connectivity index (χ0) is 13.9. The van der Waals surface area contributed by atoms with Crippen LogP contribution in [0.3, 0.4) is 0 Å². The maximum Gasteiger partial charge on any atom is 0.109 e. The number of nitrogens with zero attached hydrogens (tertiary/aromatic N) is 3. The number of halogens is 1. The predicted molar refractivity (Wildman–Crippen MR) is 77.5 cm³/mol. The first-order valence-corrected chi connectivity index (χ1v) is 7.21. The Kier molecular flexibility index (Phi) is 5.37. The van der Waals surface area contributed by atoms with Crippen LogP contribution in [-0.4, -0.2) is 40.4 Å². The zero-order valence-corrected chi connectivity index (χ0v) is 13.5. The summed E-state index contributed by atoms with van der Waals surface area (Å²) in [6.45, 7) is 7.77. The molecule has 0 bridgehead atoms. The molecule has 0 amide bonds. The van der Waals surface area contributed by atoms with E-state index in [0.717, 1.165) is 23.3 Å². The molecule has 0 spiro atoms. The highest BCUT2D eigenvalue weighted by Crippen LogP contribution is 2.37. The van der Waals surface area contributed by atoms with E-state index < -0.39 is 5.60 Å². The van der Waals surface area contributed by atoms with E-state index in [0.29, 0.717) is 6.42 Å². The average Bonchev–Trinajstić information content (AvgIpc) is 2.67. The van der Waals surface area contributed by atoms with Crippen molar-refractivity contribution in [2.24, 2.45) is 5.92 Å². The third kappa shape index (κ3) is 3.13. The van der Waals surface area contributed by atoms with E-state index in [1.165, 1.54) is 0 Å². The fourth-order valence-corrected chi connectivity index (χ4v) is 2.75. The van der Waals surface area contributed by atoms with E-state index in [-0.39, 0.29) is 5.92 Å². The Morgan fingerprint density at radius 3 is 2.56 bits per heavy atom. The summed E-state index contributed by atoms with van der Waals surface area (Å²) in [7, 11) is 4.07. The van der Waals surface area contributed by atoms with E-state index in [1.54, 1.807) is 6.20 Å². The van der Waals surface area contributed by atoms with Gasteiger partial charge in [0.1, 0.15) is 5.60 Å². The van der Waals surface area contributed by atoms with E-state index in [2.05, 4.69) is 25.9 Å². The molecular weight excluding hydrogens is 294 g/mol. The Hall–Kier alpha value is -0.390. The molecule has 5 heteroatoms. The minimum absolute atomic E-state index is 0.147. The van der Waals surface area contributed by atoms with Crippen molar-refractivity contribution < 1.29 is 5.11 Å². The lowest BCUT2D eigenvalue weighted by atomic mass is 9.84. The molecular formula is C13H24BrN3O. The van der Waals surface area contributed by atoms with Gasteiger partial charge in [0.2, 0.25) is 0 Å². The van der Waals surface area contributed by atoms with Crippen LogP contribution in [0.1, 0.15) is 32.9 Å². The second kappa shape index (κ2) is 6.17. The second-order valence-electron chi connectivity index (χ2n) is 5.30. The first-order chi connectivity index (χ1) is 8.32. The molecule has 1 aromatic rings. The number of rotatable bonds is 6. The van der Waals surface area contributed by atoms with E-state index >= 15 is 0 Å². The maximum absolute atomic E-state index is 10.9.